The van der Waals surface area contributed by atoms with Crippen LogP contribution in [0.3, 0.4) is 0 Å². The molecule has 0 aliphatic carbocycles. The highest BCUT2D eigenvalue weighted by Crippen LogP contribution is 2.12. The average molecular weight is 374 g/mol. The Morgan fingerprint density at radius 1 is 1.00 bits per heavy atom. The van der Waals surface area contributed by atoms with Gasteiger partial charge in [-0.25, -0.2) is 13.1 Å². The minimum atomic E-state index is -3.46. The van der Waals surface area contributed by atoms with Crippen LogP contribution in [-0.4, -0.2) is 45.0 Å². The summed E-state index contributed by atoms with van der Waals surface area (Å²) in [5.74, 6) is -0.162. The van der Waals surface area contributed by atoms with Crippen molar-refractivity contribution in [3.63, 3.8) is 0 Å². The molecule has 1 aliphatic heterocycles. The van der Waals surface area contributed by atoms with Crippen molar-refractivity contribution in [3.05, 3.63) is 71.8 Å². The number of sulfonamides is 1. The summed E-state index contributed by atoms with van der Waals surface area (Å²) in [7, 11) is -3.46. The Kier molecular flexibility index (Phi) is 6.03. The number of nitrogens with one attached hydrogen (secondary N) is 1. The number of benzene rings is 2. The summed E-state index contributed by atoms with van der Waals surface area (Å²) in [6, 6.07) is 18.7. The summed E-state index contributed by atoms with van der Waals surface area (Å²) in [6.45, 7) is 0.976. The van der Waals surface area contributed by atoms with Gasteiger partial charge in [-0.15, -0.1) is 0 Å². The monoisotopic (exact) mass is 374 g/mol. The molecule has 2 aromatic rings. The second kappa shape index (κ2) is 8.44. The molecule has 1 aliphatic rings. The normalized spacial score (nSPS) is 18.1. The first-order valence-corrected chi connectivity index (χ1v) is 10.1. The Morgan fingerprint density at radius 3 is 2.27 bits per heavy atom. The molecule has 1 amide bonds. The predicted molar refractivity (Wildman–Crippen MR) is 98.7 cm³/mol. The molecule has 0 unspecified atom stereocenters. The summed E-state index contributed by atoms with van der Waals surface area (Å²) >= 11 is 0. The van der Waals surface area contributed by atoms with Crippen molar-refractivity contribution in [3.8, 4) is 0 Å². The molecule has 0 radical (unpaired) electrons. The molecule has 0 spiro atoms. The molecule has 0 bridgehead atoms. The van der Waals surface area contributed by atoms with Crippen molar-refractivity contribution in [1.29, 1.82) is 0 Å². The van der Waals surface area contributed by atoms with E-state index in [1.165, 1.54) is 0 Å². The zero-order valence-electron chi connectivity index (χ0n) is 14.4. The predicted octanol–water partition coefficient (Wildman–Crippen LogP) is 1.53. The van der Waals surface area contributed by atoms with Crippen molar-refractivity contribution < 1.29 is 17.9 Å². The average Bonchev–Trinajstić information content (AvgIpc) is 2.64. The molecule has 1 saturated heterocycles. The van der Waals surface area contributed by atoms with Crippen LogP contribution in [0.5, 0.6) is 0 Å². The Bertz CT molecular complexity index is 825. The van der Waals surface area contributed by atoms with Crippen molar-refractivity contribution >= 4 is 15.9 Å². The van der Waals surface area contributed by atoms with Gasteiger partial charge in [0.15, 0.2) is 0 Å². The maximum Gasteiger partial charge on any atom is 0.248 e. The van der Waals surface area contributed by atoms with Gasteiger partial charge in [0.1, 0.15) is 6.61 Å². The van der Waals surface area contributed by atoms with Gasteiger partial charge < -0.3 is 9.64 Å². The molecule has 1 atom stereocenters. The number of ether oxygens (including phenoxy) is 1. The molecular weight excluding hydrogens is 352 g/mol. The smallest absolute Gasteiger partial charge is 0.248 e. The van der Waals surface area contributed by atoms with Crippen LogP contribution in [0, 0.1) is 0 Å². The van der Waals surface area contributed by atoms with Crippen molar-refractivity contribution in [2.24, 2.45) is 0 Å². The summed E-state index contributed by atoms with van der Waals surface area (Å²) in [5, 5.41) is 0. The first-order valence-electron chi connectivity index (χ1n) is 8.46. The van der Waals surface area contributed by atoms with E-state index in [2.05, 4.69) is 4.72 Å². The topological polar surface area (TPSA) is 75.7 Å². The summed E-state index contributed by atoms with van der Waals surface area (Å²) < 4.78 is 32.5. The third-order valence-electron chi connectivity index (χ3n) is 4.17. The number of amides is 1. The molecule has 1 N–H and O–H groups in total. The van der Waals surface area contributed by atoms with Gasteiger partial charge in [0.05, 0.1) is 11.9 Å². The maximum absolute atomic E-state index is 12.2. The highest BCUT2D eigenvalue weighted by Gasteiger charge is 2.27. The van der Waals surface area contributed by atoms with E-state index in [1.807, 2.05) is 48.5 Å². The van der Waals surface area contributed by atoms with Crippen molar-refractivity contribution in [1.82, 2.24) is 9.62 Å². The third-order valence-corrected chi connectivity index (χ3v) is 5.49. The van der Waals surface area contributed by atoms with E-state index in [1.54, 1.807) is 17.0 Å². The minimum Gasteiger partial charge on any atom is -0.365 e. The van der Waals surface area contributed by atoms with Gasteiger partial charge in [0.25, 0.3) is 0 Å². The first-order chi connectivity index (χ1) is 12.5. The molecule has 6 nitrogen and oxygen atoms in total. The standard InChI is InChI=1S/C19H22N2O4S/c22-19-14-25-18(13-21(19)12-16-7-3-1-4-8-16)11-20-26(23,24)15-17-9-5-2-6-10-17/h1-10,18,20H,11-15H2/t18-/m0/s1. The lowest BCUT2D eigenvalue weighted by Crippen LogP contribution is -2.50. The largest absolute Gasteiger partial charge is 0.365 e. The van der Waals surface area contributed by atoms with Crippen molar-refractivity contribution in [2.75, 3.05) is 19.7 Å². The number of rotatable bonds is 7. The van der Waals surface area contributed by atoms with E-state index < -0.39 is 10.0 Å². The van der Waals surface area contributed by atoms with Crippen LogP contribution >= 0.6 is 0 Å². The van der Waals surface area contributed by atoms with E-state index in [0.717, 1.165) is 11.1 Å². The lowest BCUT2D eigenvalue weighted by Gasteiger charge is -2.33. The second-order valence-corrected chi connectivity index (χ2v) is 8.09. The van der Waals surface area contributed by atoms with E-state index >= 15 is 0 Å². The number of carbonyl (C=O) groups is 1. The molecule has 1 heterocycles. The number of hydrogen-bond donors (Lipinski definition) is 1. The lowest BCUT2D eigenvalue weighted by atomic mass is 10.2. The van der Waals surface area contributed by atoms with Crippen LogP contribution < -0.4 is 4.72 Å². The molecular formula is C19H22N2O4S. The van der Waals surface area contributed by atoms with Crippen LogP contribution in [0.25, 0.3) is 0 Å². The van der Waals surface area contributed by atoms with Crippen LogP contribution in [0.15, 0.2) is 60.7 Å². The SMILES string of the molecule is O=C1CO[C@@H](CNS(=O)(=O)Cc2ccccc2)CN1Cc1ccccc1. The molecule has 138 valence electrons. The van der Waals surface area contributed by atoms with Gasteiger partial charge in [-0.2, -0.15) is 0 Å². The zero-order chi connectivity index (χ0) is 18.4. The molecule has 0 aromatic heterocycles. The number of morpholine rings is 1. The lowest BCUT2D eigenvalue weighted by molar-refractivity contribution is -0.149. The fourth-order valence-electron chi connectivity index (χ4n) is 2.83. The summed E-state index contributed by atoms with van der Waals surface area (Å²) in [6.07, 6.45) is -0.359. The summed E-state index contributed by atoms with van der Waals surface area (Å²) in [5.41, 5.74) is 1.76. The fraction of sp³-hybridized carbons (Fsp3) is 0.316. The van der Waals surface area contributed by atoms with Gasteiger partial charge >= 0.3 is 0 Å². The Hall–Kier alpha value is -2.22. The Morgan fingerprint density at radius 2 is 1.62 bits per heavy atom. The number of carbonyl (C=O) groups excluding carboxylic acids is 1. The molecule has 2 aromatic carbocycles. The van der Waals surface area contributed by atoms with Gasteiger partial charge in [0, 0.05) is 19.6 Å². The quantitative estimate of drug-likeness (QED) is 0.798. The van der Waals surface area contributed by atoms with Crippen LogP contribution in [0.1, 0.15) is 11.1 Å². The highest BCUT2D eigenvalue weighted by molar-refractivity contribution is 7.88. The van der Waals surface area contributed by atoms with Crippen molar-refractivity contribution in [2.45, 2.75) is 18.4 Å². The molecule has 1 fully saturated rings. The number of hydrogen-bond acceptors (Lipinski definition) is 4. The molecule has 0 saturated carbocycles. The van der Waals surface area contributed by atoms with Gasteiger partial charge in [-0.05, 0) is 11.1 Å². The third kappa shape index (κ3) is 5.39. The van der Waals surface area contributed by atoms with E-state index in [9.17, 15) is 13.2 Å². The van der Waals surface area contributed by atoms with E-state index in [-0.39, 0.29) is 30.9 Å². The minimum absolute atomic E-state index is 0.0298. The molecule has 7 heteroatoms. The van der Waals surface area contributed by atoms with Crippen LogP contribution in [0.2, 0.25) is 0 Å². The molecule has 3 rings (SSSR count). The second-order valence-electron chi connectivity index (χ2n) is 6.29. The van der Waals surface area contributed by atoms with E-state index in [0.29, 0.717) is 13.1 Å². The first kappa shape index (κ1) is 18.6. The molecule has 26 heavy (non-hydrogen) atoms. The van der Waals surface area contributed by atoms with E-state index in [4.69, 9.17) is 4.74 Å². The van der Waals surface area contributed by atoms with Gasteiger partial charge in [-0.3, -0.25) is 4.79 Å². The number of nitrogens with zero attached hydrogens (tertiary/aromatic N) is 1. The summed E-state index contributed by atoms with van der Waals surface area (Å²) in [4.78, 5) is 13.8. The zero-order valence-corrected chi connectivity index (χ0v) is 15.2. The Labute approximate surface area is 153 Å². The highest BCUT2D eigenvalue weighted by atomic mass is 32.2. The maximum atomic E-state index is 12.2. The van der Waals surface area contributed by atoms with Gasteiger partial charge in [0.2, 0.25) is 15.9 Å². The van der Waals surface area contributed by atoms with Gasteiger partial charge in [-0.1, -0.05) is 60.7 Å². The van der Waals surface area contributed by atoms with Crippen LogP contribution in [-0.2, 0) is 31.9 Å². The van der Waals surface area contributed by atoms with Crippen LogP contribution in [0.4, 0.5) is 0 Å². The Balaban J connectivity index is 1.54. The fourth-order valence-corrected chi connectivity index (χ4v) is 4.00.